The Balaban J connectivity index is 0.00000280. The largest absolute Gasteiger partial charge is 0.351 e. The van der Waals surface area contributed by atoms with Crippen molar-refractivity contribution in [2.75, 3.05) is 24.4 Å². The smallest absolute Gasteiger partial charge is 0.261 e. The molecule has 6 nitrogen and oxygen atoms in total. The van der Waals surface area contributed by atoms with Gasteiger partial charge >= 0.3 is 0 Å². The standard InChI is InChI=1S/C20H25N3O3S.ClH/c1-20(11-13-21-14-12-20)15-22-19(24)16-7-9-18(10-8-16)27(25,26)23-17-5-3-2-4-6-17;/h2-10,21,23H,11-15H2,1H3,(H,22,24);1H. The molecule has 0 bridgehead atoms. The highest BCUT2D eigenvalue weighted by Gasteiger charge is 2.27. The minimum absolute atomic E-state index is 0. The van der Waals surface area contributed by atoms with Gasteiger partial charge in [-0.15, -0.1) is 12.4 Å². The highest BCUT2D eigenvalue weighted by molar-refractivity contribution is 7.92. The van der Waals surface area contributed by atoms with Crippen molar-refractivity contribution in [1.29, 1.82) is 0 Å². The predicted molar refractivity (Wildman–Crippen MR) is 113 cm³/mol. The molecule has 152 valence electrons. The number of carbonyl (C=O) groups is 1. The molecule has 0 atom stereocenters. The average Bonchev–Trinajstić information content (AvgIpc) is 2.67. The summed E-state index contributed by atoms with van der Waals surface area (Å²) in [7, 11) is -3.68. The van der Waals surface area contributed by atoms with Gasteiger partial charge in [0.15, 0.2) is 0 Å². The molecule has 3 rings (SSSR count). The van der Waals surface area contributed by atoms with Gasteiger partial charge in [0.05, 0.1) is 4.90 Å². The molecule has 8 heteroatoms. The van der Waals surface area contributed by atoms with Crippen molar-refractivity contribution in [3.63, 3.8) is 0 Å². The van der Waals surface area contributed by atoms with Gasteiger partial charge < -0.3 is 10.6 Å². The zero-order valence-corrected chi connectivity index (χ0v) is 17.4. The van der Waals surface area contributed by atoms with E-state index >= 15 is 0 Å². The molecule has 0 radical (unpaired) electrons. The quantitative estimate of drug-likeness (QED) is 0.666. The van der Waals surface area contributed by atoms with Crippen molar-refractivity contribution in [2.24, 2.45) is 5.41 Å². The van der Waals surface area contributed by atoms with E-state index in [2.05, 4.69) is 22.3 Å². The molecule has 0 aromatic heterocycles. The van der Waals surface area contributed by atoms with Crippen LogP contribution >= 0.6 is 12.4 Å². The predicted octanol–water partition coefficient (Wildman–Crippen LogP) is 3.03. The molecule has 1 amide bonds. The first-order valence-corrected chi connectivity index (χ1v) is 10.5. The van der Waals surface area contributed by atoms with Gasteiger partial charge in [-0.3, -0.25) is 9.52 Å². The van der Waals surface area contributed by atoms with Crippen molar-refractivity contribution in [1.82, 2.24) is 10.6 Å². The van der Waals surface area contributed by atoms with Crippen LogP contribution in [0.3, 0.4) is 0 Å². The van der Waals surface area contributed by atoms with Crippen molar-refractivity contribution in [3.05, 3.63) is 60.2 Å². The molecular weight excluding hydrogens is 398 g/mol. The second-order valence-electron chi connectivity index (χ2n) is 7.24. The van der Waals surface area contributed by atoms with E-state index in [9.17, 15) is 13.2 Å². The van der Waals surface area contributed by atoms with E-state index in [4.69, 9.17) is 0 Å². The molecule has 28 heavy (non-hydrogen) atoms. The number of halogens is 1. The van der Waals surface area contributed by atoms with E-state index in [-0.39, 0.29) is 28.6 Å². The molecule has 1 aliphatic rings. The maximum absolute atomic E-state index is 12.4. The van der Waals surface area contributed by atoms with Crippen molar-refractivity contribution >= 4 is 34.0 Å². The lowest BCUT2D eigenvalue weighted by atomic mass is 9.81. The summed E-state index contributed by atoms with van der Waals surface area (Å²) in [6.45, 7) is 4.73. The second kappa shape index (κ2) is 9.41. The average molecular weight is 424 g/mol. The third-order valence-electron chi connectivity index (χ3n) is 4.94. The van der Waals surface area contributed by atoms with Crippen LogP contribution in [0.15, 0.2) is 59.5 Å². The molecule has 1 saturated heterocycles. The fraction of sp³-hybridized carbons (Fsp3) is 0.350. The highest BCUT2D eigenvalue weighted by Crippen LogP contribution is 2.26. The van der Waals surface area contributed by atoms with Crippen LogP contribution in [0.4, 0.5) is 5.69 Å². The van der Waals surface area contributed by atoms with Gasteiger partial charge in [0.1, 0.15) is 0 Å². The van der Waals surface area contributed by atoms with E-state index in [0.29, 0.717) is 17.8 Å². The van der Waals surface area contributed by atoms with Crippen LogP contribution in [0.25, 0.3) is 0 Å². The molecule has 2 aromatic rings. The first-order chi connectivity index (χ1) is 12.9. The molecular formula is C20H26ClN3O3S. The monoisotopic (exact) mass is 423 g/mol. The number of rotatable bonds is 6. The van der Waals surface area contributed by atoms with E-state index in [1.54, 1.807) is 36.4 Å². The fourth-order valence-electron chi connectivity index (χ4n) is 3.11. The zero-order chi connectivity index (χ0) is 19.3. The van der Waals surface area contributed by atoms with Crippen LogP contribution in [-0.2, 0) is 10.0 Å². The van der Waals surface area contributed by atoms with Crippen LogP contribution in [0, 0.1) is 5.41 Å². The van der Waals surface area contributed by atoms with Gasteiger partial charge in [0, 0.05) is 17.8 Å². The SMILES string of the molecule is CC1(CNC(=O)c2ccc(S(=O)(=O)Nc3ccccc3)cc2)CCNCC1.Cl. The fourth-order valence-corrected chi connectivity index (χ4v) is 4.17. The molecule has 0 aliphatic carbocycles. The molecule has 3 N–H and O–H groups in total. The molecule has 1 heterocycles. The Kier molecular flexibility index (Phi) is 7.46. The van der Waals surface area contributed by atoms with Crippen molar-refractivity contribution < 1.29 is 13.2 Å². The van der Waals surface area contributed by atoms with Gasteiger partial charge in [-0.05, 0) is 67.7 Å². The number of amides is 1. The van der Waals surface area contributed by atoms with E-state index in [1.165, 1.54) is 12.1 Å². The lowest BCUT2D eigenvalue weighted by molar-refractivity contribution is 0.0922. The van der Waals surface area contributed by atoms with Gasteiger partial charge in [-0.2, -0.15) is 0 Å². The summed E-state index contributed by atoms with van der Waals surface area (Å²) in [5, 5.41) is 6.30. The third kappa shape index (κ3) is 5.70. The van der Waals surface area contributed by atoms with Gasteiger partial charge in [-0.1, -0.05) is 25.1 Å². The molecule has 1 aliphatic heterocycles. The number of hydrogen-bond acceptors (Lipinski definition) is 4. The van der Waals surface area contributed by atoms with E-state index in [1.807, 2.05) is 6.07 Å². The Hall–Kier alpha value is -2.09. The lowest BCUT2D eigenvalue weighted by Gasteiger charge is -2.34. The third-order valence-corrected chi connectivity index (χ3v) is 6.34. The number of piperidine rings is 1. The highest BCUT2D eigenvalue weighted by atomic mass is 35.5. The molecule has 0 unspecified atom stereocenters. The molecule has 0 spiro atoms. The summed E-state index contributed by atoms with van der Waals surface area (Å²) in [5.74, 6) is -0.185. The Morgan fingerprint density at radius 1 is 1.04 bits per heavy atom. The number of nitrogens with one attached hydrogen (secondary N) is 3. The van der Waals surface area contributed by atoms with Crippen molar-refractivity contribution in [2.45, 2.75) is 24.7 Å². The number of benzene rings is 2. The zero-order valence-electron chi connectivity index (χ0n) is 15.8. The number of para-hydroxylation sites is 1. The summed E-state index contributed by atoms with van der Waals surface area (Å²) in [5.41, 5.74) is 1.05. The second-order valence-corrected chi connectivity index (χ2v) is 8.92. The lowest BCUT2D eigenvalue weighted by Crippen LogP contribution is -2.42. The number of hydrogen-bond donors (Lipinski definition) is 3. The normalized spacial score (nSPS) is 15.9. The topological polar surface area (TPSA) is 87.3 Å². The van der Waals surface area contributed by atoms with Crippen molar-refractivity contribution in [3.8, 4) is 0 Å². The molecule has 2 aromatic carbocycles. The Labute approximate surface area is 172 Å². The Bertz CT molecular complexity index is 881. The van der Waals surface area contributed by atoms with Crippen LogP contribution in [-0.4, -0.2) is 34.0 Å². The van der Waals surface area contributed by atoms with Crippen LogP contribution in [0.2, 0.25) is 0 Å². The first kappa shape index (κ1) is 22.2. The summed E-state index contributed by atoms with van der Waals surface area (Å²) in [6.07, 6.45) is 2.05. The minimum atomic E-state index is -3.68. The first-order valence-electron chi connectivity index (χ1n) is 9.05. The summed E-state index contributed by atoms with van der Waals surface area (Å²) < 4.78 is 27.4. The van der Waals surface area contributed by atoms with E-state index < -0.39 is 10.0 Å². The van der Waals surface area contributed by atoms with Gasteiger partial charge in [0.25, 0.3) is 15.9 Å². The summed E-state index contributed by atoms with van der Waals surface area (Å²) >= 11 is 0. The molecule has 0 saturated carbocycles. The number of sulfonamides is 1. The van der Waals surface area contributed by atoms with Crippen LogP contribution in [0.5, 0.6) is 0 Å². The Morgan fingerprint density at radius 3 is 2.25 bits per heavy atom. The van der Waals surface area contributed by atoms with Crippen LogP contribution < -0.4 is 15.4 Å². The Morgan fingerprint density at radius 2 is 1.64 bits per heavy atom. The maximum Gasteiger partial charge on any atom is 0.261 e. The number of carbonyl (C=O) groups excluding carboxylic acids is 1. The summed E-state index contributed by atoms with van der Waals surface area (Å²) in [6, 6.07) is 14.7. The van der Waals surface area contributed by atoms with E-state index in [0.717, 1.165) is 25.9 Å². The minimum Gasteiger partial charge on any atom is -0.351 e. The van der Waals surface area contributed by atoms with Gasteiger partial charge in [0.2, 0.25) is 0 Å². The number of anilines is 1. The molecule has 1 fully saturated rings. The summed E-state index contributed by atoms with van der Waals surface area (Å²) in [4.78, 5) is 12.5. The van der Waals surface area contributed by atoms with Crippen LogP contribution in [0.1, 0.15) is 30.1 Å². The van der Waals surface area contributed by atoms with Gasteiger partial charge in [-0.25, -0.2) is 8.42 Å². The maximum atomic E-state index is 12.4.